The Bertz CT molecular complexity index is 106. The molecule has 11 heavy (non-hydrogen) atoms. The predicted octanol–water partition coefficient (Wildman–Crippen LogP) is 1.00. The predicted molar refractivity (Wildman–Crippen MR) is 46.5 cm³/mol. The molecule has 0 aliphatic heterocycles. The van der Waals surface area contributed by atoms with Gasteiger partial charge in [-0.3, -0.25) is 0 Å². The second-order valence-corrected chi connectivity index (χ2v) is 3.71. The molecule has 0 amide bonds. The van der Waals surface area contributed by atoms with Gasteiger partial charge in [0.25, 0.3) is 0 Å². The first-order chi connectivity index (χ1) is 5.33. The fourth-order valence-corrected chi connectivity index (χ4v) is 1.90. The van der Waals surface area contributed by atoms with Crippen LogP contribution in [0.15, 0.2) is 0 Å². The highest BCUT2D eigenvalue weighted by atomic mass is 16.3. The van der Waals surface area contributed by atoms with Gasteiger partial charge in [0.05, 0.1) is 6.61 Å². The molecule has 0 bridgehead atoms. The zero-order chi connectivity index (χ0) is 8.10. The van der Waals surface area contributed by atoms with Gasteiger partial charge in [-0.2, -0.15) is 0 Å². The largest absolute Gasteiger partial charge is 0.395 e. The van der Waals surface area contributed by atoms with Gasteiger partial charge in [-0.25, -0.2) is 0 Å². The molecule has 0 spiro atoms. The molecule has 2 unspecified atom stereocenters. The molecular weight excluding hydrogens is 138 g/mol. The highest BCUT2D eigenvalue weighted by Crippen LogP contribution is 2.29. The molecule has 0 radical (unpaired) electrons. The molecule has 1 aliphatic rings. The highest BCUT2D eigenvalue weighted by molar-refractivity contribution is 4.74. The summed E-state index contributed by atoms with van der Waals surface area (Å²) >= 11 is 0. The molecule has 2 nitrogen and oxygen atoms in total. The van der Waals surface area contributed by atoms with Crippen molar-refractivity contribution in [3.8, 4) is 0 Å². The van der Waals surface area contributed by atoms with Crippen LogP contribution in [0.2, 0.25) is 0 Å². The van der Waals surface area contributed by atoms with Gasteiger partial charge in [0.2, 0.25) is 0 Å². The van der Waals surface area contributed by atoms with Crippen LogP contribution in [0, 0.1) is 11.8 Å². The SMILES string of the molecule is CC1CCC(CNCCO)C1. The topological polar surface area (TPSA) is 32.3 Å². The van der Waals surface area contributed by atoms with Crippen molar-refractivity contribution in [2.24, 2.45) is 11.8 Å². The van der Waals surface area contributed by atoms with Crippen LogP contribution in [-0.4, -0.2) is 24.8 Å². The minimum Gasteiger partial charge on any atom is -0.395 e. The van der Waals surface area contributed by atoms with E-state index >= 15 is 0 Å². The van der Waals surface area contributed by atoms with Crippen molar-refractivity contribution in [3.05, 3.63) is 0 Å². The van der Waals surface area contributed by atoms with Gasteiger partial charge in [0, 0.05) is 6.54 Å². The van der Waals surface area contributed by atoms with E-state index in [1.165, 1.54) is 19.3 Å². The van der Waals surface area contributed by atoms with Gasteiger partial charge in [-0.05, 0) is 31.2 Å². The second-order valence-electron chi connectivity index (χ2n) is 3.71. The summed E-state index contributed by atoms with van der Waals surface area (Å²) < 4.78 is 0. The summed E-state index contributed by atoms with van der Waals surface area (Å²) in [6, 6.07) is 0. The van der Waals surface area contributed by atoms with Crippen molar-refractivity contribution >= 4 is 0 Å². The Balaban J connectivity index is 1.99. The lowest BCUT2D eigenvalue weighted by Gasteiger charge is -2.09. The molecule has 2 atom stereocenters. The van der Waals surface area contributed by atoms with Crippen LogP contribution in [0.5, 0.6) is 0 Å². The number of hydrogen-bond acceptors (Lipinski definition) is 2. The first kappa shape index (κ1) is 9.01. The molecule has 0 aromatic rings. The highest BCUT2D eigenvalue weighted by Gasteiger charge is 2.20. The van der Waals surface area contributed by atoms with Gasteiger partial charge >= 0.3 is 0 Å². The molecule has 66 valence electrons. The number of nitrogens with one attached hydrogen (secondary N) is 1. The summed E-state index contributed by atoms with van der Waals surface area (Å²) in [5, 5.41) is 11.8. The molecule has 0 aromatic carbocycles. The number of rotatable bonds is 4. The lowest BCUT2D eigenvalue weighted by atomic mass is 10.1. The third kappa shape index (κ3) is 3.21. The van der Waals surface area contributed by atoms with E-state index in [4.69, 9.17) is 5.11 Å². The molecule has 1 fully saturated rings. The summed E-state index contributed by atoms with van der Waals surface area (Å²) in [6.45, 7) is 4.45. The Kier molecular flexibility index (Phi) is 3.87. The van der Waals surface area contributed by atoms with Crippen LogP contribution in [-0.2, 0) is 0 Å². The summed E-state index contributed by atoms with van der Waals surface area (Å²) in [5.41, 5.74) is 0. The molecule has 2 heteroatoms. The number of hydrogen-bond donors (Lipinski definition) is 2. The fraction of sp³-hybridized carbons (Fsp3) is 1.00. The van der Waals surface area contributed by atoms with Crippen LogP contribution in [0.25, 0.3) is 0 Å². The van der Waals surface area contributed by atoms with E-state index in [9.17, 15) is 0 Å². The third-order valence-corrected chi connectivity index (χ3v) is 2.53. The van der Waals surface area contributed by atoms with Crippen molar-refractivity contribution < 1.29 is 5.11 Å². The normalized spacial score (nSPS) is 31.1. The van der Waals surface area contributed by atoms with Gasteiger partial charge in [-0.15, -0.1) is 0 Å². The first-order valence-corrected chi connectivity index (χ1v) is 4.64. The second kappa shape index (κ2) is 4.73. The van der Waals surface area contributed by atoms with Crippen molar-refractivity contribution in [1.82, 2.24) is 5.32 Å². The summed E-state index contributed by atoms with van der Waals surface area (Å²) in [4.78, 5) is 0. The maximum atomic E-state index is 8.53. The maximum Gasteiger partial charge on any atom is 0.0555 e. The summed E-state index contributed by atoms with van der Waals surface area (Å²) in [7, 11) is 0. The van der Waals surface area contributed by atoms with Crippen molar-refractivity contribution in [2.45, 2.75) is 26.2 Å². The van der Waals surface area contributed by atoms with Gasteiger partial charge < -0.3 is 10.4 Å². The Labute approximate surface area is 69.0 Å². The minimum atomic E-state index is 0.266. The van der Waals surface area contributed by atoms with Crippen LogP contribution in [0.4, 0.5) is 0 Å². The van der Waals surface area contributed by atoms with Gasteiger partial charge in [0.1, 0.15) is 0 Å². The zero-order valence-electron chi connectivity index (χ0n) is 7.34. The summed E-state index contributed by atoms with van der Waals surface area (Å²) in [6.07, 6.45) is 4.14. The lowest BCUT2D eigenvalue weighted by Crippen LogP contribution is -2.24. The van der Waals surface area contributed by atoms with Crippen LogP contribution in [0.3, 0.4) is 0 Å². The van der Waals surface area contributed by atoms with Crippen LogP contribution >= 0.6 is 0 Å². The van der Waals surface area contributed by atoms with E-state index in [2.05, 4.69) is 12.2 Å². The average molecular weight is 157 g/mol. The lowest BCUT2D eigenvalue weighted by molar-refractivity contribution is 0.287. The van der Waals surface area contributed by atoms with Gasteiger partial charge in [-0.1, -0.05) is 13.3 Å². The van der Waals surface area contributed by atoms with E-state index in [-0.39, 0.29) is 6.61 Å². The van der Waals surface area contributed by atoms with Crippen LogP contribution in [0.1, 0.15) is 26.2 Å². The minimum absolute atomic E-state index is 0.266. The van der Waals surface area contributed by atoms with Crippen LogP contribution < -0.4 is 5.32 Å². The third-order valence-electron chi connectivity index (χ3n) is 2.53. The van der Waals surface area contributed by atoms with Gasteiger partial charge in [0.15, 0.2) is 0 Å². The molecule has 1 rings (SSSR count). The Morgan fingerprint density at radius 1 is 1.45 bits per heavy atom. The van der Waals surface area contributed by atoms with Crippen molar-refractivity contribution in [2.75, 3.05) is 19.7 Å². The van der Waals surface area contributed by atoms with Crippen molar-refractivity contribution in [1.29, 1.82) is 0 Å². The zero-order valence-corrected chi connectivity index (χ0v) is 7.34. The molecule has 0 saturated heterocycles. The Morgan fingerprint density at radius 2 is 2.27 bits per heavy atom. The van der Waals surface area contributed by atoms with E-state index in [1.54, 1.807) is 0 Å². The van der Waals surface area contributed by atoms with E-state index < -0.39 is 0 Å². The van der Waals surface area contributed by atoms with E-state index in [1.807, 2.05) is 0 Å². The standard InChI is InChI=1S/C9H19NO/c1-8-2-3-9(6-8)7-10-4-5-11/h8-11H,2-7H2,1H3. The molecular formula is C9H19NO. The maximum absolute atomic E-state index is 8.53. The molecule has 2 N–H and O–H groups in total. The number of aliphatic hydroxyl groups excluding tert-OH is 1. The molecule has 1 aliphatic carbocycles. The van der Waals surface area contributed by atoms with E-state index in [0.717, 1.165) is 24.9 Å². The van der Waals surface area contributed by atoms with E-state index in [0.29, 0.717) is 0 Å². The monoisotopic (exact) mass is 157 g/mol. The Hall–Kier alpha value is -0.0800. The number of aliphatic hydroxyl groups is 1. The Morgan fingerprint density at radius 3 is 2.82 bits per heavy atom. The molecule has 1 saturated carbocycles. The molecule has 0 aromatic heterocycles. The smallest absolute Gasteiger partial charge is 0.0555 e. The average Bonchev–Trinajstić information content (AvgIpc) is 2.37. The van der Waals surface area contributed by atoms with Crippen molar-refractivity contribution in [3.63, 3.8) is 0 Å². The molecule has 0 heterocycles. The first-order valence-electron chi connectivity index (χ1n) is 4.64. The quantitative estimate of drug-likeness (QED) is 0.597. The summed E-state index contributed by atoms with van der Waals surface area (Å²) in [5.74, 6) is 1.80. The fourth-order valence-electron chi connectivity index (χ4n) is 1.90.